The number of ether oxygens (including phenoxy) is 2. The smallest absolute Gasteiger partial charge is 0.408 e. The van der Waals surface area contributed by atoms with Gasteiger partial charge in [-0.25, -0.2) is 9.59 Å². The highest BCUT2D eigenvalue weighted by atomic mass is 16.6. The molecule has 2 aliphatic rings. The molecule has 3 rings (SSSR count). The van der Waals surface area contributed by atoms with Gasteiger partial charge in [0.25, 0.3) is 0 Å². The molecule has 1 aliphatic carbocycles. The lowest BCUT2D eigenvalue weighted by Gasteiger charge is -2.39. The summed E-state index contributed by atoms with van der Waals surface area (Å²) in [7, 11) is 0. The van der Waals surface area contributed by atoms with Gasteiger partial charge in [0.15, 0.2) is 0 Å². The Labute approximate surface area is 199 Å². The van der Waals surface area contributed by atoms with Gasteiger partial charge in [-0.3, -0.25) is 9.59 Å². The van der Waals surface area contributed by atoms with Crippen LogP contribution in [0.15, 0.2) is 30.3 Å². The molecule has 3 amide bonds. The van der Waals surface area contributed by atoms with Gasteiger partial charge < -0.3 is 30.1 Å². The number of likely N-dealkylation sites (tertiary alicyclic amines) is 1. The molecular weight excluding hydrogens is 442 g/mol. The minimum absolute atomic E-state index is 0.0903. The number of nitrogens with zero attached hydrogens (tertiary/aromatic N) is 1. The van der Waals surface area contributed by atoms with Crippen LogP contribution in [0, 0.1) is 5.92 Å². The molecule has 0 bridgehead atoms. The molecule has 3 unspecified atom stereocenters. The van der Waals surface area contributed by atoms with Crippen molar-refractivity contribution in [3.05, 3.63) is 35.9 Å². The van der Waals surface area contributed by atoms with E-state index in [1.165, 1.54) is 0 Å². The molecule has 186 valence electrons. The Morgan fingerprint density at radius 3 is 2.41 bits per heavy atom. The highest BCUT2D eigenvalue weighted by Crippen LogP contribution is 2.32. The number of nitrogens with one attached hydrogen (secondary N) is 2. The summed E-state index contributed by atoms with van der Waals surface area (Å²) in [6, 6.07) is 7.58. The topological polar surface area (TPSA) is 134 Å². The number of carboxylic acid groups (broad SMARTS) is 1. The van der Waals surface area contributed by atoms with E-state index in [4.69, 9.17) is 9.47 Å². The van der Waals surface area contributed by atoms with Gasteiger partial charge in [0.1, 0.15) is 18.2 Å². The molecule has 1 aromatic carbocycles. The number of benzene rings is 1. The molecule has 34 heavy (non-hydrogen) atoms. The van der Waals surface area contributed by atoms with Crippen molar-refractivity contribution in [3.63, 3.8) is 0 Å². The Morgan fingerprint density at radius 1 is 1.06 bits per heavy atom. The van der Waals surface area contributed by atoms with Gasteiger partial charge in [0.05, 0.1) is 5.92 Å². The molecule has 3 N–H and O–H groups in total. The Kier molecular flexibility index (Phi) is 8.01. The number of hydrogen-bond donors (Lipinski definition) is 3. The summed E-state index contributed by atoms with van der Waals surface area (Å²) in [4.78, 5) is 50.8. The number of alkyl carbamates (subject to hydrolysis) is 2. The van der Waals surface area contributed by atoms with Crippen LogP contribution in [0.1, 0.15) is 52.0 Å². The number of carbonyl (C=O) groups is 4. The van der Waals surface area contributed by atoms with Crippen LogP contribution >= 0.6 is 0 Å². The van der Waals surface area contributed by atoms with Crippen LogP contribution in [0.25, 0.3) is 0 Å². The van der Waals surface area contributed by atoms with Crippen LogP contribution in [0.3, 0.4) is 0 Å². The summed E-state index contributed by atoms with van der Waals surface area (Å²) in [5, 5.41) is 15.2. The largest absolute Gasteiger partial charge is 0.481 e. The molecule has 1 heterocycles. The quantitative estimate of drug-likeness (QED) is 0.576. The van der Waals surface area contributed by atoms with E-state index in [9.17, 15) is 24.3 Å². The molecule has 0 radical (unpaired) electrons. The van der Waals surface area contributed by atoms with Crippen LogP contribution in [-0.2, 0) is 25.7 Å². The molecule has 10 heteroatoms. The molecule has 1 aromatic rings. The predicted molar refractivity (Wildman–Crippen MR) is 122 cm³/mol. The van der Waals surface area contributed by atoms with Gasteiger partial charge in [-0.2, -0.15) is 0 Å². The number of hydrogen-bond acceptors (Lipinski definition) is 6. The molecule has 0 spiro atoms. The Morgan fingerprint density at radius 2 is 1.76 bits per heavy atom. The standard InChI is InChI=1S/C24H33N3O7/c1-24(2,3)34-23(32)25-16-9-10-19(17(13-16)21(29)30)27-12-11-18(20(27)28)26-22(31)33-14-15-7-5-4-6-8-15/h4-8,16-19H,9-14H2,1-3H3,(H,25,32)(H,26,31)(H,29,30)/t16?,17?,18-,19?/m0/s1. The van der Waals surface area contributed by atoms with E-state index >= 15 is 0 Å². The zero-order chi connectivity index (χ0) is 24.9. The second-order valence-corrected chi connectivity index (χ2v) is 9.75. The summed E-state index contributed by atoms with van der Waals surface area (Å²) in [5.41, 5.74) is 0.178. The van der Waals surface area contributed by atoms with Crippen LogP contribution in [0.2, 0.25) is 0 Å². The Bertz CT molecular complexity index is 900. The van der Waals surface area contributed by atoms with Gasteiger partial charge in [0.2, 0.25) is 5.91 Å². The van der Waals surface area contributed by atoms with E-state index in [1.807, 2.05) is 30.3 Å². The van der Waals surface area contributed by atoms with Crippen molar-refractivity contribution < 1.29 is 33.8 Å². The van der Waals surface area contributed by atoms with Crippen molar-refractivity contribution in [2.75, 3.05) is 6.54 Å². The normalized spacial score (nSPS) is 24.9. The third-order valence-electron chi connectivity index (χ3n) is 6.00. The summed E-state index contributed by atoms with van der Waals surface area (Å²) in [5.74, 6) is -2.17. The van der Waals surface area contributed by atoms with Crippen LogP contribution in [0.4, 0.5) is 9.59 Å². The second-order valence-electron chi connectivity index (χ2n) is 9.75. The Balaban J connectivity index is 1.53. The van der Waals surface area contributed by atoms with Gasteiger partial charge in [-0.05, 0) is 52.0 Å². The maximum Gasteiger partial charge on any atom is 0.408 e. The Hall–Kier alpha value is -3.30. The van der Waals surface area contributed by atoms with E-state index in [-0.39, 0.29) is 25.0 Å². The fraction of sp³-hybridized carbons (Fsp3) is 0.583. The third kappa shape index (κ3) is 6.85. The molecule has 10 nitrogen and oxygen atoms in total. The maximum atomic E-state index is 13.0. The zero-order valence-electron chi connectivity index (χ0n) is 19.8. The predicted octanol–water partition coefficient (Wildman–Crippen LogP) is 2.66. The first kappa shape index (κ1) is 25.3. The van der Waals surface area contributed by atoms with Crippen molar-refractivity contribution in [2.24, 2.45) is 5.92 Å². The van der Waals surface area contributed by atoms with Gasteiger partial charge in [-0.1, -0.05) is 30.3 Å². The number of amides is 3. The van der Waals surface area contributed by atoms with E-state index < -0.39 is 41.8 Å². The van der Waals surface area contributed by atoms with Crippen LogP contribution in [0.5, 0.6) is 0 Å². The first-order valence-corrected chi connectivity index (χ1v) is 11.5. The number of aliphatic carboxylic acids is 1. The van der Waals surface area contributed by atoms with Crippen molar-refractivity contribution >= 4 is 24.1 Å². The lowest BCUT2D eigenvalue weighted by molar-refractivity contribution is -0.148. The highest BCUT2D eigenvalue weighted by Gasteiger charge is 2.45. The van der Waals surface area contributed by atoms with Crippen molar-refractivity contribution in [1.82, 2.24) is 15.5 Å². The number of rotatable bonds is 6. The highest BCUT2D eigenvalue weighted by molar-refractivity contribution is 5.88. The summed E-state index contributed by atoms with van der Waals surface area (Å²) >= 11 is 0. The van der Waals surface area contributed by atoms with Crippen LogP contribution < -0.4 is 10.6 Å². The number of carbonyl (C=O) groups excluding carboxylic acids is 3. The summed E-state index contributed by atoms with van der Waals surface area (Å²) in [6.45, 7) is 5.70. The monoisotopic (exact) mass is 475 g/mol. The minimum Gasteiger partial charge on any atom is -0.481 e. The third-order valence-corrected chi connectivity index (χ3v) is 6.00. The first-order chi connectivity index (χ1) is 16.0. The maximum absolute atomic E-state index is 13.0. The van der Waals surface area contributed by atoms with Gasteiger partial charge >= 0.3 is 18.2 Å². The van der Waals surface area contributed by atoms with Crippen LogP contribution in [-0.4, -0.2) is 64.3 Å². The van der Waals surface area contributed by atoms with Crippen molar-refractivity contribution in [1.29, 1.82) is 0 Å². The molecule has 4 atom stereocenters. The zero-order valence-corrected chi connectivity index (χ0v) is 19.8. The van der Waals surface area contributed by atoms with E-state index in [0.717, 1.165) is 5.56 Å². The van der Waals surface area contributed by atoms with Gasteiger partial charge in [-0.15, -0.1) is 0 Å². The summed E-state index contributed by atoms with van der Waals surface area (Å²) < 4.78 is 10.5. The van der Waals surface area contributed by atoms with E-state index in [2.05, 4.69) is 10.6 Å². The minimum atomic E-state index is -1.02. The van der Waals surface area contributed by atoms with Crippen molar-refractivity contribution in [2.45, 2.75) is 76.8 Å². The molecule has 1 saturated carbocycles. The SMILES string of the molecule is CC(C)(C)OC(=O)NC1CCC(N2CC[C@H](NC(=O)OCc3ccccc3)C2=O)C(C(=O)O)C1. The van der Waals surface area contributed by atoms with Gasteiger partial charge in [0, 0.05) is 18.6 Å². The second kappa shape index (κ2) is 10.8. The molecule has 1 aliphatic heterocycles. The first-order valence-electron chi connectivity index (χ1n) is 11.5. The average Bonchev–Trinajstić information content (AvgIpc) is 3.11. The number of carboxylic acids is 1. The molecule has 1 saturated heterocycles. The molecular formula is C24H33N3O7. The fourth-order valence-electron chi connectivity index (χ4n) is 4.47. The lowest BCUT2D eigenvalue weighted by Crippen LogP contribution is -2.53. The van der Waals surface area contributed by atoms with E-state index in [1.54, 1.807) is 25.7 Å². The molecule has 0 aromatic heterocycles. The summed E-state index contributed by atoms with van der Waals surface area (Å²) in [6.07, 6.45) is 0.241. The molecule has 2 fully saturated rings. The average molecular weight is 476 g/mol. The van der Waals surface area contributed by atoms with E-state index in [0.29, 0.717) is 25.8 Å². The lowest BCUT2D eigenvalue weighted by atomic mass is 9.80. The van der Waals surface area contributed by atoms with Crippen molar-refractivity contribution in [3.8, 4) is 0 Å². The fourth-order valence-corrected chi connectivity index (χ4v) is 4.47.